The van der Waals surface area contributed by atoms with Gasteiger partial charge in [-0.1, -0.05) is 83.1 Å². The Morgan fingerprint density at radius 3 is 1.80 bits per heavy atom. The Bertz CT molecular complexity index is 455. The maximum atomic E-state index is 6.46. The molecule has 2 unspecified atom stereocenters. The van der Waals surface area contributed by atoms with Gasteiger partial charge in [0.25, 0.3) is 0 Å². The lowest BCUT2D eigenvalue weighted by molar-refractivity contribution is -0.190. The van der Waals surface area contributed by atoms with Crippen LogP contribution < -0.4 is 0 Å². The summed E-state index contributed by atoms with van der Waals surface area (Å²) in [5, 5.41) is 0. The van der Waals surface area contributed by atoms with E-state index < -0.39 is 0 Å². The molecule has 0 N–H and O–H groups in total. The second-order valence-corrected chi connectivity index (χ2v) is 9.59. The highest BCUT2D eigenvalue weighted by atomic mass is 16.8. The van der Waals surface area contributed by atoms with Crippen LogP contribution in [0.15, 0.2) is 24.3 Å². The van der Waals surface area contributed by atoms with Gasteiger partial charge >= 0.3 is 0 Å². The minimum Gasteiger partial charge on any atom is -0.344 e. The number of unbranched alkanes of at least 4 members (excludes halogenated alkanes) is 10. The standard InChI is InChI=1S/C28H50O2/c1-3-5-7-8-9-10-11-12-13-14-15-16-17-18-19-20-25-28(24-6-4-2)29-26-22-21-23-27(26)30-28/h9-10,12-13,26-27H,3-8,11,14-25H2,1-2H3/b10-9-,13-12-. The van der Waals surface area contributed by atoms with Gasteiger partial charge in [0.15, 0.2) is 5.79 Å². The van der Waals surface area contributed by atoms with Crippen molar-refractivity contribution in [3.05, 3.63) is 24.3 Å². The normalized spacial score (nSPS) is 26.3. The molecule has 0 aromatic carbocycles. The van der Waals surface area contributed by atoms with Crippen molar-refractivity contribution < 1.29 is 9.47 Å². The minimum absolute atomic E-state index is 0.235. The lowest BCUT2D eigenvalue weighted by atomic mass is 10.00. The first-order chi connectivity index (χ1) is 14.8. The van der Waals surface area contributed by atoms with Gasteiger partial charge in [0, 0.05) is 12.8 Å². The van der Waals surface area contributed by atoms with E-state index in [-0.39, 0.29) is 5.79 Å². The first-order valence-corrected chi connectivity index (χ1v) is 13.5. The molecule has 2 heteroatoms. The van der Waals surface area contributed by atoms with Crippen LogP contribution in [0.4, 0.5) is 0 Å². The van der Waals surface area contributed by atoms with Crippen LogP contribution in [0, 0.1) is 0 Å². The molecule has 1 saturated heterocycles. The summed E-state index contributed by atoms with van der Waals surface area (Å²) < 4.78 is 12.9. The fourth-order valence-electron chi connectivity index (χ4n) is 4.93. The molecule has 1 aliphatic heterocycles. The van der Waals surface area contributed by atoms with Crippen LogP contribution >= 0.6 is 0 Å². The van der Waals surface area contributed by atoms with Crippen molar-refractivity contribution in [1.29, 1.82) is 0 Å². The van der Waals surface area contributed by atoms with Crippen molar-refractivity contribution in [2.24, 2.45) is 0 Å². The Hall–Kier alpha value is -0.600. The van der Waals surface area contributed by atoms with Gasteiger partial charge in [-0.25, -0.2) is 0 Å². The SMILES string of the molecule is CCCCC/C=C\C/C=C\CCCCCCCCC1(CCCC)OC2CCCC2O1. The lowest BCUT2D eigenvalue weighted by Gasteiger charge is -2.29. The highest BCUT2D eigenvalue weighted by Crippen LogP contribution is 2.43. The average molecular weight is 419 g/mol. The van der Waals surface area contributed by atoms with Crippen LogP contribution in [0.5, 0.6) is 0 Å². The summed E-state index contributed by atoms with van der Waals surface area (Å²) in [5.74, 6) is -0.235. The van der Waals surface area contributed by atoms with Crippen molar-refractivity contribution in [3.8, 4) is 0 Å². The van der Waals surface area contributed by atoms with E-state index in [4.69, 9.17) is 9.47 Å². The zero-order valence-electron chi connectivity index (χ0n) is 20.2. The average Bonchev–Trinajstić information content (AvgIpc) is 3.31. The second-order valence-electron chi connectivity index (χ2n) is 9.59. The summed E-state index contributed by atoms with van der Waals surface area (Å²) >= 11 is 0. The molecule has 0 aromatic rings. The first-order valence-electron chi connectivity index (χ1n) is 13.5. The van der Waals surface area contributed by atoms with Crippen molar-refractivity contribution in [3.63, 3.8) is 0 Å². The Kier molecular flexibility index (Phi) is 13.8. The number of rotatable bonds is 18. The lowest BCUT2D eigenvalue weighted by Crippen LogP contribution is -2.31. The fourth-order valence-corrected chi connectivity index (χ4v) is 4.93. The van der Waals surface area contributed by atoms with E-state index >= 15 is 0 Å². The van der Waals surface area contributed by atoms with Crippen molar-refractivity contribution in [2.75, 3.05) is 0 Å². The third-order valence-electron chi connectivity index (χ3n) is 6.79. The fraction of sp³-hybridized carbons (Fsp3) is 0.857. The molecule has 2 rings (SSSR count). The molecule has 1 heterocycles. The molecule has 0 spiro atoms. The molecule has 1 saturated carbocycles. The maximum Gasteiger partial charge on any atom is 0.169 e. The smallest absolute Gasteiger partial charge is 0.169 e. The molecule has 1 aliphatic carbocycles. The second kappa shape index (κ2) is 16.1. The molecule has 2 nitrogen and oxygen atoms in total. The van der Waals surface area contributed by atoms with E-state index in [1.54, 1.807) is 0 Å². The van der Waals surface area contributed by atoms with Crippen molar-refractivity contribution in [2.45, 2.75) is 154 Å². The molecule has 30 heavy (non-hydrogen) atoms. The van der Waals surface area contributed by atoms with Crippen LogP contribution in [-0.2, 0) is 9.47 Å². The van der Waals surface area contributed by atoms with E-state index in [2.05, 4.69) is 38.2 Å². The Balaban J connectivity index is 1.44. The Morgan fingerprint density at radius 2 is 1.17 bits per heavy atom. The molecule has 0 aromatic heterocycles. The Labute approximate surface area is 187 Å². The summed E-state index contributed by atoms with van der Waals surface area (Å²) in [7, 11) is 0. The molecule has 2 aliphatic rings. The predicted octanol–water partition coefficient (Wildman–Crippen LogP) is 9.04. The summed E-state index contributed by atoms with van der Waals surface area (Å²) in [6, 6.07) is 0. The molecule has 174 valence electrons. The molecule has 2 atom stereocenters. The molecular weight excluding hydrogens is 368 g/mol. The highest BCUT2D eigenvalue weighted by molar-refractivity contribution is 4.93. The maximum absolute atomic E-state index is 6.46. The van der Waals surface area contributed by atoms with Crippen LogP contribution in [0.1, 0.15) is 136 Å². The van der Waals surface area contributed by atoms with Gasteiger partial charge < -0.3 is 9.47 Å². The third kappa shape index (κ3) is 10.1. The molecule has 0 bridgehead atoms. The summed E-state index contributed by atoms with van der Waals surface area (Å²) in [4.78, 5) is 0. The van der Waals surface area contributed by atoms with Gasteiger partial charge in [-0.05, 0) is 64.2 Å². The number of hydrogen-bond donors (Lipinski definition) is 0. The van der Waals surface area contributed by atoms with Gasteiger partial charge in [-0.3, -0.25) is 0 Å². The van der Waals surface area contributed by atoms with E-state index in [0.717, 1.165) is 19.3 Å². The molecule has 2 fully saturated rings. The van der Waals surface area contributed by atoms with Gasteiger partial charge in [0.1, 0.15) is 0 Å². The van der Waals surface area contributed by atoms with Gasteiger partial charge in [0.05, 0.1) is 12.2 Å². The summed E-state index contributed by atoms with van der Waals surface area (Å²) in [5.41, 5.74) is 0. The van der Waals surface area contributed by atoms with Crippen LogP contribution in [0.25, 0.3) is 0 Å². The van der Waals surface area contributed by atoms with Gasteiger partial charge in [-0.2, -0.15) is 0 Å². The third-order valence-corrected chi connectivity index (χ3v) is 6.79. The monoisotopic (exact) mass is 418 g/mol. The molecular formula is C28H50O2. The zero-order valence-corrected chi connectivity index (χ0v) is 20.2. The number of ether oxygens (including phenoxy) is 2. The molecule has 0 radical (unpaired) electrons. The van der Waals surface area contributed by atoms with Gasteiger partial charge in [-0.15, -0.1) is 0 Å². The summed E-state index contributed by atoms with van der Waals surface area (Å²) in [6.07, 6.45) is 34.2. The summed E-state index contributed by atoms with van der Waals surface area (Å²) in [6.45, 7) is 4.53. The van der Waals surface area contributed by atoms with Crippen LogP contribution in [-0.4, -0.2) is 18.0 Å². The minimum atomic E-state index is -0.235. The van der Waals surface area contributed by atoms with Crippen LogP contribution in [0.2, 0.25) is 0 Å². The Morgan fingerprint density at radius 1 is 0.633 bits per heavy atom. The number of hydrogen-bond acceptors (Lipinski definition) is 2. The van der Waals surface area contributed by atoms with Crippen molar-refractivity contribution >= 4 is 0 Å². The quantitative estimate of drug-likeness (QED) is 0.163. The largest absolute Gasteiger partial charge is 0.344 e. The highest BCUT2D eigenvalue weighted by Gasteiger charge is 2.48. The van der Waals surface area contributed by atoms with E-state index in [9.17, 15) is 0 Å². The zero-order chi connectivity index (χ0) is 21.3. The van der Waals surface area contributed by atoms with Crippen LogP contribution in [0.3, 0.4) is 0 Å². The number of allylic oxidation sites excluding steroid dienone is 4. The topological polar surface area (TPSA) is 18.5 Å². The predicted molar refractivity (Wildman–Crippen MR) is 130 cm³/mol. The first kappa shape index (κ1) is 25.7. The number of fused-ring (bicyclic) bond motifs is 1. The van der Waals surface area contributed by atoms with Crippen molar-refractivity contribution in [1.82, 2.24) is 0 Å². The van der Waals surface area contributed by atoms with E-state index in [0.29, 0.717) is 12.2 Å². The van der Waals surface area contributed by atoms with E-state index in [1.165, 1.54) is 103 Å². The van der Waals surface area contributed by atoms with E-state index in [1.807, 2.05) is 0 Å². The van der Waals surface area contributed by atoms with Gasteiger partial charge in [0.2, 0.25) is 0 Å². The molecule has 0 amide bonds.